The van der Waals surface area contributed by atoms with Gasteiger partial charge in [-0.15, -0.1) is 24.8 Å². The van der Waals surface area contributed by atoms with Gasteiger partial charge in [0, 0.05) is 31.1 Å². The molecule has 0 bridgehead atoms. The Kier molecular flexibility index (Phi) is 6.70. The lowest BCUT2D eigenvalue weighted by Crippen LogP contribution is -2.55. The van der Waals surface area contributed by atoms with E-state index in [1.165, 1.54) is 0 Å². The molecule has 1 aromatic carbocycles. The monoisotopic (exact) mass is 347 g/mol. The minimum atomic E-state index is 0. The van der Waals surface area contributed by atoms with E-state index in [-0.39, 0.29) is 24.8 Å². The summed E-state index contributed by atoms with van der Waals surface area (Å²) in [7, 11) is 2.13. The van der Waals surface area contributed by atoms with Gasteiger partial charge in [0.25, 0.3) is 0 Å². The molecule has 0 radical (unpaired) electrons. The third-order valence-corrected chi connectivity index (χ3v) is 4.43. The van der Waals surface area contributed by atoms with Gasteiger partial charge >= 0.3 is 0 Å². The Labute approximate surface area is 142 Å². The Hall–Kier alpha value is -0.580. The second-order valence-electron chi connectivity index (χ2n) is 5.24. The zero-order valence-electron chi connectivity index (χ0n) is 12.1. The van der Waals surface area contributed by atoms with Crippen molar-refractivity contribution in [3.8, 4) is 0 Å². The molecular weight excluding hydrogens is 329 g/mol. The fourth-order valence-electron chi connectivity index (χ4n) is 2.47. The summed E-state index contributed by atoms with van der Waals surface area (Å²) < 4.78 is 0. The molecule has 6 heteroatoms. The second-order valence-corrected chi connectivity index (χ2v) is 5.62. The number of aryl methyl sites for hydroxylation is 1. The van der Waals surface area contributed by atoms with Crippen molar-refractivity contribution in [2.75, 3.05) is 20.1 Å². The van der Waals surface area contributed by atoms with Crippen LogP contribution in [0.5, 0.6) is 0 Å². The van der Waals surface area contributed by atoms with Gasteiger partial charge in [-0.2, -0.15) is 0 Å². The molecule has 0 spiro atoms. The number of nitrogens with one attached hydrogen (secondary N) is 1. The highest BCUT2D eigenvalue weighted by Gasteiger charge is 2.22. The van der Waals surface area contributed by atoms with Crippen LogP contribution in [0.25, 0.3) is 10.9 Å². The van der Waals surface area contributed by atoms with Crippen molar-refractivity contribution in [3.63, 3.8) is 0 Å². The molecule has 2 heterocycles. The summed E-state index contributed by atoms with van der Waals surface area (Å²) in [5, 5.41) is 5.23. The number of para-hydroxylation sites is 1. The van der Waals surface area contributed by atoms with Crippen molar-refractivity contribution in [2.24, 2.45) is 0 Å². The highest BCUT2D eigenvalue weighted by molar-refractivity contribution is 6.32. The molecule has 1 aromatic heterocycles. The number of fused-ring (bicyclic) bond motifs is 1. The molecule has 1 saturated heterocycles. The Morgan fingerprint density at radius 2 is 1.95 bits per heavy atom. The molecule has 21 heavy (non-hydrogen) atoms. The van der Waals surface area contributed by atoms with Gasteiger partial charge in [0.15, 0.2) is 0 Å². The molecule has 3 nitrogen and oxygen atoms in total. The Bertz CT molecular complexity index is 614. The fourth-order valence-corrected chi connectivity index (χ4v) is 2.68. The van der Waals surface area contributed by atoms with Crippen LogP contribution in [0, 0.1) is 6.92 Å². The van der Waals surface area contributed by atoms with Crippen LogP contribution >= 0.6 is 36.4 Å². The molecule has 1 N–H and O–H groups in total. The molecule has 0 saturated carbocycles. The fraction of sp³-hybridized carbons (Fsp3) is 0.400. The van der Waals surface area contributed by atoms with Gasteiger partial charge in [-0.3, -0.25) is 4.90 Å². The molecule has 116 valence electrons. The smallest absolute Gasteiger partial charge is 0.0740 e. The minimum absolute atomic E-state index is 0. The van der Waals surface area contributed by atoms with E-state index in [0.717, 1.165) is 46.8 Å². The number of aromatic nitrogens is 1. The van der Waals surface area contributed by atoms with Gasteiger partial charge < -0.3 is 5.32 Å². The van der Waals surface area contributed by atoms with Gasteiger partial charge in [-0.25, -0.2) is 4.98 Å². The lowest BCUT2D eigenvalue weighted by atomic mass is 10.1. The number of benzene rings is 1. The SMILES string of the molecule is Cc1c(Cl)c(CN(C)C2CNC2)nc2ccccc12.Cl.Cl. The van der Waals surface area contributed by atoms with E-state index in [1.54, 1.807) is 0 Å². The maximum absolute atomic E-state index is 6.48. The maximum Gasteiger partial charge on any atom is 0.0740 e. The van der Waals surface area contributed by atoms with Crippen molar-refractivity contribution in [1.29, 1.82) is 0 Å². The Morgan fingerprint density at radius 1 is 1.29 bits per heavy atom. The first kappa shape index (κ1) is 18.5. The number of halogens is 3. The van der Waals surface area contributed by atoms with Crippen LogP contribution in [0.3, 0.4) is 0 Å². The maximum atomic E-state index is 6.48. The van der Waals surface area contributed by atoms with Crippen LogP contribution in [0.2, 0.25) is 5.02 Å². The molecule has 2 aromatic rings. The van der Waals surface area contributed by atoms with E-state index < -0.39 is 0 Å². The molecule has 1 aliphatic rings. The topological polar surface area (TPSA) is 28.2 Å². The molecule has 1 aliphatic heterocycles. The van der Waals surface area contributed by atoms with Gasteiger partial charge in [-0.1, -0.05) is 29.8 Å². The first-order chi connectivity index (χ1) is 9.16. The zero-order valence-corrected chi connectivity index (χ0v) is 14.5. The largest absolute Gasteiger partial charge is 0.314 e. The zero-order chi connectivity index (χ0) is 13.4. The first-order valence-corrected chi connectivity index (χ1v) is 6.99. The van der Waals surface area contributed by atoms with E-state index in [2.05, 4.69) is 30.3 Å². The third-order valence-electron chi connectivity index (χ3n) is 3.93. The molecule has 0 unspecified atom stereocenters. The highest BCUT2D eigenvalue weighted by Crippen LogP contribution is 2.27. The number of nitrogens with zero attached hydrogens (tertiary/aromatic N) is 2. The van der Waals surface area contributed by atoms with Gasteiger partial charge in [0.05, 0.1) is 16.2 Å². The van der Waals surface area contributed by atoms with Crippen LogP contribution < -0.4 is 5.32 Å². The van der Waals surface area contributed by atoms with Crippen LogP contribution in [0.15, 0.2) is 24.3 Å². The molecule has 0 aliphatic carbocycles. The number of likely N-dealkylation sites (N-methyl/N-ethyl adjacent to an activating group) is 1. The van der Waals surface area contributed by atoms with Gasteiger partial charge in [0.2, 0.25) is 0 Å². The van der Waals surface area contributed by atoms with E-state index in [4.69, 9.17) is 16.6 Å². The summed E-state index contributed by atoms with van der Waals surface area (Å²) in [5.74, 6) is 0. The average Bonchev–Trinajstić information content (AvgIpc) is 2.33. The van der Waals surface area contributed by atoms with E-state index in [9.17, 15) is 0 Å². The summed E-state index contributed by atoms with van der Waals surface area (Å²) in [5.41, 5.74) is 3.13. The van der Waals surface area contributed by atoms with Crippen molar-refractivity contribution < 1.29 is 0 Å². The molecule has 0 atom stereocenters. The first-order valence-electron chi connectivity index (χ1n) is 6.61. The number of hydrogen-bond acceptors (Lipinski definition) is 3. The predicted molar refractivity (Wildman–Crippen MR) is 94.1 cm³/mol. The minimum Gasteiger partial charge on any atom is -0.314 e. The lowest BCUT2D eigenvalue weighted by molar-refractivity contribution is 0.171. The Balaban J connectivity index is 0.00000110. The highest BCUT2D eigenvalue weighted by atomic mass is 35.5. The number of pyridine rings is 1. The quantitative estimate of drug-likeness (QED) is 0.921. The molecule has 3 rings (SSSR count). The molecular formula is C15H20Cl3N3. The van der Waals surface area contributed by atoms with Crippen molar-refractivity contribution in [1.82, 2.24) is 15.2 Å². The number of rotatable bonds is 3. The summed E-state index contributed by atoms with van der Waals surface area (Å²) in [4.78, 5) is 7.04. The summed E-state index contributed by atoms with van der Waals surface area (Å²) in [6.45, 7) is 4.99. The van der Waals surface area contributed by atoms with Gasteiger partial charge in [0.1, 0.15) is 0 Å². The van der Waals surface area contributed by atoms with Crippen LogP contribution in [0.1, 0.15) is 11.3 Å². The predicted octanol–water partition coefficient (Wildman–Crippen LogP) is 3.44. The van der Waals surface area contributed by atoms with Crippen molar-refractivity contribution in [2.45, 2.75) is 19.5 Å². The summed E-state index contributed by atoms with van der Waals surface area (Å²) in [6.07, 6.45) is 0. The van der Waals surface area contributed by atoms with E-state index in [1.807, 2.05) is 18.2 Å². The van der Waals surface area contributed by atoms with Crippen LogP contribution in [-0.4, -0.2) is 36.1 Å². The summed E-state index contributed by atoms with van der Waals surface area (Å²) >= 11 is 6.48. The van der Waals surface area contributed by atoms with E-state index >= 15 is 0 Å². The third kappa shape index (κ3) is 3.61. The van der Waals surface area contributed by atoms with Crippen LogP contribution in [-0.2, 0) is 6.54 Å². The average molecular weight is 349 g/mol. The van der Waals surface area contributed by atoms with Crippen LogP contribution in [0.4, 0.5) is 0 Å². The normalized spacial score (nSPS) is 14.5. The molecule has 0 amide bonds. The standard InChI is InChI=1S/C15H18ClN3.2ClH/c1-10-12-5-3-4-6-13(12)18-14(15(10)16)9-19(2)11-7-17-8-11;;/h3-6,11,17H,7-9H2,1-2H3;2*1H. The molecule has 1 fully saturated rings. The lowest BCUT2D eigenvalue weighted by Gasteiger charge is -2.35. The van der Waals surface area contributed by atoms with E-state index in [0.29, 0.717) is 6.04 Å². The van der Waals surface area contributed by atoms with Crippen molar-refractivity contribution >= 4 is 47.3 Å². The Morgan fingerprint density at radius 3 is 2.57 bits per heavy atom. The van der Waals surface area contributed by atoms with Crippen molar-refractivity contribution in [3.05, 3.63) is 40.5 Å². The number of hydrogen-bond donors (Lipinski definition) is 1. The summed E-state index contributed by atoms with van der Waals surface area (Å²) in [6, 6.07) is 8.77. The van der Waals surface area contributed by atoms with Gasteiger partial charge in [-0.05, 0) is 25.6 Å². The second kappa shape index (κ2) is 7.61.